The van der Waals surface area contributed by atoms with Crippen molar-refractivity contribution in [2.75, 3.05) is 24.7 Å². The Hall–Kier alpha value is -2.00. The van der Waals surface area contributed by atoms with Crippen LogP contribution in [0.3, 0.4) is 0 Å². The predicted octanol–water partition coefficient (Wildman–Crippen LogP) is 1.67. The number of rotatable bonds is 4. The summed E-state index contributed by atoms with van der Waals surface area (Å²) in [5.41, 5.74) is 1.42. The van der Waals surface area contributed by atoms with Gasteiger partial charge in [0.1, 0.15) is 16.7 Å². The Balaban J connectivity index is 1.42. The quantitative estimate of drug-likeness (QED) is 0.791. The number of carbonyl (C=O) groups is 2. The Bertz CT molecular complexity index is 791. The monoisotopic (exact) mass is 389 g/mol. The zero-order chi connectivity index (χ0) is 17.9. The molecular weight excluding hydrogens is 370 g/mol. The van der Waals surface area contributed by atoms with Gasteiger partial charge in [-0.1, -0.05) is 0 Å². The van der Waals surface area contributed by atoms with Crippen LogP contribution in [0.2, 0.25) is 0 Å². The number of carbonyl (C=O) groups excluding carboxylic acids is 2. The molecule has 4 rings (SSSR count). The lowest BCUT2D eigenvalue weighted by atomic mass is 10.2. The smallest absolute Gasteiger partial charge is 0.246 e. The zero-order valence-electron chi connectivity index (χ0n) is 14.2. The Morgan fingerprint density at radius 2 is 2.08 bits per heavy atom. The first kappa shape index (κ1) is 17.4. The minimum Gasteiger partial charge on any atom is -0.341 e. The van der Waals surface area contributed by atoms with Crippen molar-refractivity contribution in [2.45, 2.75) is 25.3 Å². The van der Waals surface area contributed by atoms with E-state index in [1.54, 1.807) is 35.3 Å². The lowest BCUT2D eigenvalue weighted by Gasteiger charge is -2.26. The van der Waals surface area contributed by atoms with E-state index in [9.17, 15) is 9.59 Å². The van der Waals surface area contributed by atoms with Crippen molar-refractivity contribution in [3.05, 3.63) is 29.7 Å². The van der Waals surface area contributed by atoms with Gasteiger partial charge in [0, 0.05) is 36.6 Å². The molecule has 0 N–H and O–H groups in total. The lowest BCUT2D eigenvalue weighted by Crippen LogP contribution is -2.48. The third-order valence-corrected chi connectivity index (χ3v) is 6.50. The Morgan fingerprint density at radius 1 is 1.23 bits per heavy atom. The van der Waals surface area contributed by atoms with E-state index in [2.05, 4.69) is 15.0 Å². The molecule has 7 nitrogen and oxygen atoms in total. The van der Waals surface area contributed by atoms with Crippen LogP contribution in [0.4, 0.5) is 0 Å². The molecule has 1 unspecified atom stereocenters. The van der Waals surface area contributed by atoms with Crippen molar-refractivity contribution in [3.63, 3.8) is 0 Å². The van der Waals surface area contributed by atoms with Crippen LogP contribution in [0.15, 0.2) is 24.0 Å². The highest BCUT2D eigenvalue weighted by Crippen LogP contribution is 2.26. The lowest BCUT2D eigenvalue weighted by molar-refractivity contribution is -0.142. The van der Waals surface area contributed by atoms with Crippen LogP contribution in [0, 0.1) is 0 Å². The molecule has 0 saturated carbocycles. The molecule has 0 bridgehead atoms. The molecule has 2 fully saturated rings. The van der Waals surface area contributed by atoms with E-state index in [0.717, 1.165) is 30.9 Å². The van der Waals surface area contributed by atoms with Gasteiger partial charge in [-0.05, 0) is 12.8 Å². The second-order valence-electron chi connectivity index (χ2n) is 6.32. The van der Waals surface area contributed by atoms with Gasteiger partial charge in [0.25, 0.3) is 0 Å². The van der Waals surface area contributed by atoms with Crippen LogP contribution in [-0.2, 0) is 16.0 Å². The average molecular weight is 390 g/mol. The third-order valence-electron chi connectivity index (χ3n) is 4.57. The zero-order valence-corrected chi connectivity index (χ0v) is 15.8. The van der Waals surface area contributed by atoms with Crippen LogP contribution < -0.4 is 0 Å². The van der Waals surface area contributed by atoms with E-state index in [4.69, 9.17) is 0 Å². The largest absolute Gasteiger partial charge is 0.341 e. The molecule has 0 radical (unpaired) electrons. The maximum atomic E-state index is 12.8. The fraction of sp³-hybridized carbons (Fsp3) is 0.471. The highest BCUT2D eigenvalue weighted by molar-refractivity contribution is 7.99. The van der Waals surface area contributed by atoms with Gasteiger partial charge in [-0.15, -0.1) is 23.1 Å². The summed E-state index contributed by atoms with van der Waals surface area (Å²) < 4.78 is 0. The molecule has 1 atom stereocenters. The van der Waals surface area contributed by atoms with E-state index in [1.807, 2.05) is 10.3 Å². The molecule has 26 heavy (non-hydrogen) atoms. The highest BCUT2D eigenvalue weighted by atomic mass is 32.2. The van der Waals surface area contributed by atoms with Crippen LogP contribution in [0.5, 0.6) is 0 Å². The average Bonchev–Trinajstić information content (AvgIpc) is 3.42. The second-order valence-corrected chi connectivity index (χ2v) is 8.18. The van der Waals surface area contributed by atoms with Crippen molar-refractivity contribution in [1.29, 1.82) is 0 Å². The van der Waals surface area contributed by atoms with Gasteiger partial charge in [-0.3, -0.25) is 19.6 Å². The summed E-state index contributed by atoms with van der Waals surface area (Å²) in [4.78, 5) is 41.9. The number of amides is 2. The minimum absolute atomic E-state index is 0.0384. The molecule has 0 aromatic carbocycles. The third kappa shape index (κ3) is 3.59. The first-order valence-electron chi connectivity index (χ1n) is 8.59. The van der Waals surface area contributed by atoms with Crippen molar-refractivity contribution in [1.82, 2.24) is 24.8 Å². The van der Waals surface area contributed by atoms with Gasteiger partial charge in [0.2, 0.25) is 11.8 Å². The SMILES string of the molecule is O=C(C1CSCN1C(=O)Cc1csc(-c2cnccn2)n1)N1CCCC1. The van der Waals surface area contributed by atoms with Crippen LogP contribution >= 0.6 is 23.1 Å². The number of nitrogens with zero attached hydrogens (tertiary/aromatic N) is 5. The van der Waals surface area contributed by atoms with Crippen LogP contribution in [-0.4, -0.2) is 67.3 Å². The Kier molecular flexibility index (Phi) is 5.16. The highest BCUT2D eigenvalue weighted by Gasteiger charge is 2.37. The van der Waals surface area contributed by atoms with Gasteiger partial charge in [-0.25, -0.2) is 4.98 Å². The normalized spacial score (nSPS) is 19.9. The molecular formula is C17H19N5O2S2. The van der Waals surface area contributed by atoms with E-state index < -0.39 is 0 Å². The molecule has 2 aliphatic rings. The van der Waals surface area contributed by atoms with E-state index in [0.29, 0.717) is 23.0 Å². The summed E-state index contributed by atoms with van der Waals surface area (Å²) in [6.07, 6.45) is 7.22. The van der Waals surface area contributed by atoms with Crippen molar-refractivity contribution < 1.29 is 9.59 Å². The van der Waals surface area contributed by atoms with Crippen LogP contribution in [0.25, 0.3) is 10.7 Å². The van der Waals surface area contributed by atoms with Crippen molar-refractivity contribution >= 4 is 34.9 Å². The molecule has 9 heteroatoms. The molecule has 2 aromatic heterocycles. The number of thiazole rings is 1. The summed E-state index contributed by atoms with van der Waals surface area (Å²) in [7, 11) is 0. The molecule has 2 amide bonds. The summed E-state index contributed by atoms with van der Waals surface area (Å²) in [6.45, 7) is 1.63. The van der Waals surface area contributed by atoms with E-state index in [-0.39, 0.29) is 24.3 Å². The summed E-state index contributed by atoms with van der Waals surface area (Å²) in [5, 5.41) is 2.63. The summed E-state index contributed by atoms with van der Waals surface area (Å²) in [6, 6.07) is -0.330. The molecule has 2 aromatic rings. The molecule has 136 valence electrons. The van der Waals surface area contributed by atoms with Gasteiger partial charge >= 0.3 is 0 Å². The molecule has 0 spiro atoms. The number of likely N-dealkylation sites (tertiary alicyclic amines) is 1. The summed E-state index contributed by atoms with van der Waals surface area (Å²) in [5.74, 6) is 1.32. The number of hydrogen-bond acceptors (Lipinski definition) is 7. The van der Waals surface area contributed by atoms with E-state index >= 15 is 0 Å². The summed E-state index contributed by atoms with van der Waals surface area (Å²) >= 11 is 3.09. The Morgan fingerprint density at radius 3 is 2.85 bits per heavy atom. The van der Waals surface area contributed by atoms with Crippen LogP contribution in [0.1, 0.15) is 18.5 Å². The first-order chi connectivity index (χ1) is 12.7. The van der Waals surface area contributed by atoms with Gasteiger partial charge < -0.3 is 9.80 Å². The topological polar surface area (TPSA) is 79.3 Å². The number of thioether (sulfide) groups is 1. The first-order valence-corrected chi connectivity index (χ1v) is 10.6. The maximum Gasteiger partial charge on any atom is 0.246 e. The molecule has 2 aliphatic heterocycles. The van der Waals surface area contributed by atoms with Gasteiger partial charge in [0.15, 0.2) is 0 Å². The van der Waals surface area contributed by atoms with Crippen molar-refractivity contribution in [3.8, 4) is 10.7 Å². The standard InChI is InChI=1S/C17H19N5O2S2/c23-15(7-12-9-26-16(20-12)13-8-18-3-4-19-13)22-11-25-10-14(22)17(24)21-5-1-2-6-21/h3-4,8-9,14H,1-2,5-7,10-11H2. The second kappa shape index (κ2) is 7.71. The molecule has 4 heterocycles. The fourth-order valence-corrected chi connectivity index (χ4v) is 5.16. The predicted molar refractivity (Wildman–Crippen MR) is 101 cm³/mol. The van der Waals surface area contributed by atoms with Gasteiger partial charge in [-0.2, -0.15) is 0 Å². The fourth-order valence-electron chi connectivity index (χ4n) is 3.21. The Labute approximate surface area is 159 Å². The molecule has 2 saturated heterocycles. The maximum absolute atomic E-state index is 12.8. The molecule has 0 aliphatic carbocycles. The van der Waals surface area contributed by atoms with E-state index in [1.165, 1.54) is 11.3 Å². The van der Waals surface area contributed by atoms with Gasteiger partial charge in [0.05, 0.1) is 24.2 Å². The minimum atomic E-state index is -0.330. The van der Waals surface area contributed by atoms with Crippen molar-refractivity contribution in [2.24, 2.45) is 0 Å². The number of aromatic nitrogens is 3. The number of hydrogen-bond donors (Lipinski definition) is 0.